The highest BCUT2D eigenvalue weighted by Gasteiger charge is 2.07. The number of nitro groups is 1. The molecule has 0 radical (unpaired) electrons. The second-order valence-corrected chi connectivity index (χ2v) is 5.34. The number of non-ortho nitro benzene ring substituents is 1. The summed E-state index contributed by atoms with van der Waals surface area (Å²) in [6.07, 6.45) is 0.972. The van der Waals surface area contributed by atoms with E-state index in [2.05, 4.69) is 37.4 Å². The summed E-state index contributed by atoms with van der Waals surface area (Å²) in [5.41, 5.74) is 3.84. The maximum absolute atomic E-state index is 10.6. The Balaban J connectivity index is 1.88. The average Bonchev–Trinajstić information content (AvgIpc) is 2.48. The summed E-state index contributed by atoms with van der Waals surface area (Å²) in [6, 6.07) is 15.4. The summed E-state index contributed by atoms with van der Waals surface area (Å²) in [6.45, 7) is 4.99. The van der Waals surface area contributed by atoms with E-state index in [1.54, 1.807) is 24.3 Å². The van der Waals surface area contributed by atoms with Crippen LogP contribution in [0.4, 0.5) is 5.69 Å². The van der Waals surface area contributed by atoms with Crippen LogP contribution >= 0.6 is 0 Å². The number of hydrogen-bond acceptors (Lipinski definition) is 3. The topological polar surface area (TPSA) is 55.2 Å². The molecule has 0 aliphatic rings. The van der Waals surface area contributed by atoms with E-state index in [0.29, 0.717) is 12.6 Å². The number of aryl methyl sites for hydroxylation is 1. The molecule has 0 saturated heterocycles. The minimum Gasteiger partial charge on any atom is -0.310 e. The lowest BCUT2D eigenvalue weighted by molar-refractivity contribution is -0.384. The fourth-order valence-corrected chi connectivity index (χ4v) is 2.27. The highest BCUT2D eigenvalue weighted by atomic mass is 16.6. The van der Waals surface area contributed by atoms with Crippen molar-refractivity contribution in [3.05, 3.63) is 75.3 Å². The number of nitrogens with zero attached hydrogens (tertiary/aromatic N) is 1. The molecule has 0 spiro atoms. The summed E-state index contributed by atoms with van der Waals surface area (Å²) >= 11 is 0. The molecular formula is C17H20N2O2. The average molecular weight is 284 g/mol. The second kappa shape index (κ2) is 6.99. The standard InChI is InChI=1S/C17H20N2O2/c1-13-5-3-4-6-16(13)11-14(2)18-12-15-7-9-17(10-8-15)19(20)21/h3-10,14,18H,11-12H2,1-2H3. The van der Waals surface area contributed by atoms with Gasteiger partial charge in [0.1, 0.15) is 0 Å². The van der Waals surface area contributed by atoms with Gasteiger partial charge < -0.3 is 5.32 Å². The molecule has 1 unspecified atom stereocenters. The van der Waals surface area contributed by atoms with E-state index in [0.717, 1.165) is 12.0 Å². The van der Waals surface area contributed by atoms with E-state index in [9.17, 15) is 10.1 Å². The Morgan fingerprint density at radius 2 is 1.81 bits per heavy atom. The molecule has 0 saturated carbocycles. The molecule has 0 aliphatic carbocycles. The van der Waals surface area contributed by atoms with Crippen LogP contribution in [0.25, 0.3) is 0 Å². The first-order valence-electron chi connectivity index (χ1n) is 7.07. The van der Waals surface area contributed by atoms with Crippen LogP contribution in [-0.2, 0) is 13.0 Å². The molecule has 1 N–H and O–H groups in total. The van der Waals surface area contributed by atoms with Gasteiger partial charge in [0.2, 0.25) is 0 Å². The Labute approximate surface area is 125 Å². The van der Waals surface area contributed by atoms with Gasteiger partial charge in [0.25, 0.3) is 5.69 Å². The van der Waals surface area contributed by atoms with Gasteiger partial charge in [-0.1, -0.05) is 36.4 Å². The molecule has 110 valence electrons. The van der Waals surface area contributed by atoms with Gasteiger partial charge >= 0.3 is 0 Å². The van der Waals surface area contributed by atoms with Crippen LogP contribution in [0, 0.1) is 17.0 Å². The minimum absolute atomic E-state index is 0.131. The third-order valence-electron chi connectivity index (χ3n) is 3.59. The van der Waals surface area contributed by atoms with Crippen LogP contribution in [0.1, 0.15) is 23.6 Å². The lowest BCUT2D eigenvalue weighted by Crippen LogP contribution is -2.27. The Morgan fingerprint density at radius 3 is 2.43 bits per heavy atom. The van der Waals surface area contributed by atoms with Gasteiger partial charge in [-0.2, -0.15) is 0 Å². The second-order valence-electron chi connectivity index (χ2n) is 5.34. The maximum atomic E-state index is 10.6. The predicted octanol–water partition coefficient (Wildman–Crippen LogP) is 3.62. The molecule has 0 amide bonds. The lowest BCUT2D eigenvalue weighted by atomic mass is 10.0. The van der Waals surface area contributed by atoms with Crippen molar-refractivity contribution < 1.29 is 4.92 Å². The van der Waals surface area contributed by atoms with E-state index < -0.39 is 0 Å². The molecule has 4 nitrogen and oxygen atoms in total. The largest absolute Gasteiger partial charge is 0.310 e. The summed E-state index contributed by atoms with van der Waals surface area (Å²) in [5.74, 6) is 0. The molecule has 21 heavy (non-hydrogen) atoms. The fraction of sp³-hybridized carbons (Fsp3) is 0.294. The minimum atomic E-state index is -0.377. The van der Waals surface area contributed by atoms with Gasteiger partial charge in [-0.15, -0.1) is 0 Å². The van der Waals surface area contributed by atoms with Crippen molar-refractivity contribution in [2.75, 3.05) is 0 Å². The number of benzene rings is 2. The van der Waals surface area contributed by atoms with Gasteiger partial charge in [-0.25, -0.2) is 0 Å². The Kier molecular flexibility index (Phi) is 5.06. The van der Waals surface area contributed by atoms with E-state index in [4.69, 9.17) is 0 Å². The van der Waals surface area contributed by atoms with Gasteiger partial charge in [0.15, 0.2) is 0 Å². The molecule has 0 aliphatic heterocycles. The van der Waals surface area contributed by atoms with E-state index in [1.807, 2.05) is 6.07 Å². The third-order valence-corrected chi connectivity index (χ3v) is 3.59. The van der Waals surface area contributed by atoms with Crippen LogP contribution in [0.5, 0.6) is 0 Å². The van der Waals surface area contributed by atoms with Crippen molar-refractivity contribution in [2.24, 2.45) is 0 Å². The first-order valence-corrected chi connectivity index (χ1v) is 7.07. The quantitative estimate of drug-likeness (QED) is 0.651. The van der Waals surface area contributed by atoms with Gasteiger partial charge in [-0.3, -0.25) is 10.1 Å². The van der Waals surface area contributed by atoms with Crippen molar-refractivity contribution >= 4 is 5.69 Å². The van der Waals surface area contributed by atoms with Crippen LogP contribution in [-0.4, -0.2) is 11.0 Å². The molecule has 4 heteroatoms. The Morgan fingerprint density at radius 1 is 1.14 bits per heavy atom. The first-order chi connectivity index (χ1) is 10.1. The normalized spacial score (nSPS) is 12.1. The van der Waals surface area contributed by atoms with Crippen molar-refractivity contribution in [2.45, 2.75) is 32.9 Å². The SMILES string of the molecule is Cc1ccccc1CC(C)NCc1ccc([N+](=O)[O-])cc1. The monoisotopic (exact) mass is 284 g/mol. The zero-order valence-corrected chi connectivity index (χ0v) is 12.4. The summed E-state index contributed by atoms with van der Waals surface area (Å²) in [4.78, 5) is 10.2. The van der Waals surface area contributed by atoms with E-state index >= 15 is 0 Å². The van der Waals surface area contributed by atoms with Crippen molar-refractivity contribution in [1.29, 1.82) is 0 Å². The highest BCUT2D eigenvalue weighted by molar-refractivity contribution is 5.33. The molecule has 2 aromatic carbocycles. The fourth-order valence-electron chi connectivity index (χ4n) is 2.27. The van der Waals surface area contributed by atoms with Gasteiger partial charge in [0, 0.05) is 24.7 Å². The van der Waals surface area contributed by atoms with Crippen molar-refractivity contribution in [3.8, 4) is 0 Å². The molecule has 2 aromatic rings. The van der Waals surface area contributed by atoms with E-state index in [-0.39, 0.29) is 10.6 Å². The van der Waals surface area contributed by atoms with Crippen LogP contribution in [0.15, 0.2) is 48.5 Å². The lowest BCUT2D eigenvalue weighted by Gasteiger charge is -2.15. The number of nitrogens with one attached hydrogen (secondary N) is 1. The van der Waals surface area contributed by atoms with Gasteiger partial charge in [-0.05, 0) is 37.0 Å². The van der Waals surface area contributed by atoms with Crippen LogP contribution < -0.4 is 5.32 Å². The van der Waals surface area contributed by atoms with Crippen LogP contribution in [0.3, 0.4) is 0 Å². The molecule has 0 aromatic heterocycles. The maximum Gasteiger partial charge on any atom is 0.269 e. The number of rotatable bonds is 6. The van der Waals surface area contributed by atoms with Crippen molar-refractivity contribution in [1.82, 2.24) is 5.32 Å². The Bertz CT molecular complexity index is 608. The smallest absolute Gasteiger partial charge is 0.269 e. The molecule has 0 heterocycles. The number of hydrogen-bond donors (Lipinski definition) is 1. The first kappa shape index (κ1) is 15.2. The molecule has 0 bridgehead atoms. The number of nitro benzene ring substituents is 1. The zero-order chi connectivity index (χ0) is 15.2. The molecular weight excluding hydrogens is 264 g/mol. The highest BCUT2D eigenvalue weighted by Crippen LogP contribution is 2.13. The Hall–Kier alpha value is -2.20. The van der Waals surface area contributed by atoms with Gasteiger partial charge in [0.05, 0.1) is 4.92 Å². The predicted molar refractivity (Wildman–Crippen MR) is 84.3 cm³/mol. The summed E-state index contributed by atoms with van der Waals surface area (Å²) < 4.78 is 0. The van der Waals surface area contributed by atoms with E-state index in [1.165, 1.54) is 11.1 Å². The molecule has 0 fully saturated rings. The van der Waals surface area contributed by atoms with Crippen molar-refractivity contribution in [3.63, 3.8) is 0 Å². The molecule has 2 rings (SSSR count). The third kappa shape index (κ3) is 4.39. The summed E-state index contributed by atoms with van der Waals surface area (Å²) in [5, 5.41) is 14.1. The molecule has 1 atom stereocenters. The zero-order valence-electron chi connectivity index (χ0n) is 12.4. The summed E-state index contributed by atoms with van der Waals surface area (Å²) in [7, 11) is 0. The van der Waals surface area contributed by atoms with Crippen LogP contribution in [0.2, 0.25) is 0 Å².